The second kappa shape index (κ2) is 5.75. The van der Waals surface area contributed by atoms with E-state index in [0.29, 0.717) is 48.1 Å². The third-order valence-electron chi connectivity index (χ3n) is 3.60. The first kappa shape index (κ1) is 13.8. The van der Waals surface area contributed by atoms with Crippen LogP contribution in [-0.2, 0) is 0 Å². The van der Waals surface area contributed by atoms with Crippen molar-refractivity contribution in [3.8, 4) is 11.5 Å². The number of nitrogens with zero attached hydrogens (tertiary/aromatic N) is 2. The van der Waals surface area contributed by atoms with Gasteiger partial charge in [-0.15, -0.1) is 0 Å². The number of aromatic nitrogens is 2. The second-order valence-corrected chi connectivity index (χ2v) is 5.50. The van der Waals surface area contributed by atoms with Crippen molar-refractivity contribution in [2.24, 2.45) is 0 Å². The summed E-state index contributed by atoms with van der Waals surface area (Å²) in [6, 6.07) is 7.33. The molecule has 0 saturated heterocycles. The Hall–Kier alpha value is -2.83. The Kier molecular flexibility index (Phi) is 3.45. The van der Waals surface area contributed by atoms with Crippen molar-refractivity contribution in [1.82, 2.24) is 9.97 Å². The number of amides is 1. The predicted molar refractivity (Wildman–Crippen MR) is 84.1 cm³/mol. The molecule has 0 bridgehead atoms. The SMILES string of the molecule is O=C(Nc1ccc2c(c1)OCCO2)c1ccnc(NC2CC2)n1. The maximum absolute atomic E-state index is 12.3. The van der Waals surface area contributed by atoms with Crippen molar-refractivity contribution in [2.75, 3.05) is 23.8 Å². The van der Waals surface area contributed by atoms with E-state index in [1.165, 1.54) is 0 Å². The van der Waals surface area contributed by atoms with Gasteiger partial charge in [0.25, 0.3) is 5.91 Å². The van der Waals surface area contributed by atoms with Crippen LogP contribution in [0.2, 0.25) is 0 Å². The highest BCUT2D eigenvalue weighted by Crippen LogP contribution is 2.32. The summed E-state index contributed by atoms with van der Waals surface area (Å²) in [7, 11) is 0. The fourth-order valence-electron chi connectivity index (χ4n) is 2.28. The molecule has 0 radical (unpaired) electrons. The number of carbonyl (C=O) groups is 1. The Morgan fingerprint density at radius 1 is 1.13 bits per heavy atom. The molecule has 118 valence electrons. The zero-order chi connectivity index (χ0) is 15.6. The van der Waals surface area contributed by atoms with Gasteiger partial charge in [0.15, 0.2) is 11.5 Å². The summed E-state index contributed by atoms with van der Waals surface area (Å²) < 4.78 is 11.0. The van der Waals surface area contributed by atoms with Gasteiger partial charge in [0.05, 0.1) is 0 Å². The highest BCUT2D eigenvalue weighted by atomic mass is 16.6. The van der Waals surface area contributed by atoms with Crippen LogP contribution in [0.4, 0.5) is 11.6 Å². The summed E-state index contributed by atoms with van der Waals surface area (Å²) in [5.41, 5.74) is 0.951. The highest BCUT2D eigenvalue weighted by molar-refractivity contribution is 6.03. The summed E-state index contributed by atoms with van der Waals surface area (Å²) in [5, 5.41) is 5.99. The van der Waals surface area contributed by atoms with E-state index in [2.05, 4.69) is 20.6 Å². The van der Waals surface area contributed by atoms with Crippen molar-refractivity contribution in [3.63, 3.8) is 0 Å². The van der Waals surface area contributed by atoms with Gasteiger partial charge in [-0.05, 0) is 31.0 Å². The topological polar surface area (TPSA) is 85.4 Å². The van der Waals surface area contributed by atoms with Crippen LogP contribution in [0, 0.1) is 0 Å². The Labute approximate surface area is 133 Å². The van der Waals surface area contributed by atoms with E-state index in [1.54, 1.807) is 30.5 Å². The number of fused-ring (bicyclic) bond motifs is 1. The molecule has 23 heavy (non-hydrogen) atoms. The number of nitrogens with one attached hydrogen (secondary N) is 2. The zero-order valence-electron chi connectivity index (χ0n) is 12.4. The average Bonchev–Trinajstić information content (AvgIpc) is 3.39. The zero-order valence-corrected chi connectivity index (χ0v) is 12.4. The summed E-state index contributed by atoms with van der Waals surface area (Å²) in [4.78, 5) is 20.7. The van der Waals surface area contributed by atoms with Crippen LogP contribution in [0.15, 0.2) is 30.5 Å². The van der Waals surface area contributed by atoms with Gasteiger partial charge in [0.1, 0.15) is 18.9 Å². The second-order valence-electron chi connectivity index (χ2n) is 5.50. The van der Waals surface area contributed by atoms with Crippen LogP contribution < -0.4 is 20.1 Å². The average molecular weight is 312 g/mol. The molecule has 7 nitrogen and oxygen atoms in total. The Balaban J connectivity index is 1.48. The van der Waals surface area contributed by atoms with Gasteiger partial charge in [0.2, 0.25) is 5.95 Å². The van der Waals surface area contributed by atoms with Crippen molar-refractivity contribution in [1.29, 1.82) is 0 Å². The lowest BCUT2D eigenvalue weighted by molar-refractivity contribution is 0.102. The molecule has 4 rings (SSSR count). The largest absolute Gasteiger partial charge is 0.486 e. The molecule has 2 heterocycles. The highest BCUT2D eigenvalue weighted by Gasteiger charge is 2.22. The minimum atomic E-state index is -0.289. The number of carbonyl (C=O) groups excluding carboxylic acids is 1. The smallest absolute Gasteiger partial charge is 0.274 e. The normalized spacial score (nSPS) is 15.8. The van der Waals surface area contributed by atoms with E-state index in [1.807, 2.05) is 0 Å². The van der Waals surface area contributed by atoms with Gasteiger partial charge in [-0.3, -0.25) is 4.79 Å². The maximum atomic E-state index is 12.3. The molecule has 7 heteroatoms. The molecule has 0 atom stereocenters. The summed E-state index contributed by atoms with van der Waals surface area (Å²) in [5.74, 6) is 1.52. The predicted octanol–water partition coefficient (Wildman–Crippen LogP) is 2.07. The standard InChI is InChI=1S/C16H16N4O3/c21-15(12-5-6-17-16(20-12)19-10-1-2-10)18-11-3-4-13-14(9-11)23-8-7-22-13/h3-6,9-10H,1-2,7-8H2,(H,18,21)(H,17,19,20). The van der Waals surface area contributed by atoms with Crippen LogP contribution in [-0.4, -0.2) is 35.1 Å². The summed E-state index contributed by atoms with van der Waals surface area (Å²) >= 11 is 0. The minimum absolute atomic E-state index is 0.289. The number of rotatable bonds is 4. The van der Waals surface area contributed by atoms with Crippen molar-refractivity contribution in [3.05, 3.63) is 36.2 Å². The van der Waals surface area contributed by atoms with E-state index in [4.69, 9.17) is 9.47 Å². The van der Waals surface area contributed by atoms with Crippen LogP contribution >= 0.6 is 0 Å². The number of anilines is 2. The summed E-state index contributed by atoms with van der Waals surface area (Å²) in [6.45, 7) is 1.04. The molecule has 1 aliphatic heterocycles. The quantitative estimate of drug-likeness (QED) is 0.899. The lowest BCUT2D eigenvalue weighted by atomic mass is 10.2. The minimum Gasteiger partial charge on any atom is -0.486 e. The Morgan fingerprint density at radius 2 is 1.96 bits per heavy atom. The van der Waals surface area contributed by atoms with Crippen molar-refractivity contribution >= 4 is 17.5 Å². The van der Waals surface area contributed by atoms with Crippen LogP contribution in [0.1, 0.15) is 23.3 Å². The molecular formula is C16H16N4O3. The van der Waals surface area contributed by atoms with E-state index >= 15 is 0 Å². The van der Waals surface area contributed by atoms with Crippen LogP contribution in [0.5, 0.6) is 11.5 Å². The molecule has 0 spiro atoms. The van der Waals surface area contributed by atoms with Crippen molar-refractivity contribution < 1.29 is 14.3 Å². The monoisotopic (exact) mass is 312 g/mol. The molecule has 1 aromatic carbocycles. The van der Waals surface area contributed by atoms with Crippen molar-refractivity contribution in [2.45, 2.75) is 18.9 Å². The third-order valence-corrected chi connectivity index (χ3v) is 3.60. The molecule has 1 fully saturated rings. The molecular weight excluding hydrogens is 296 g/mol. The van der Waals surface area contributed by atoms with E-state index in [-0.39, 0.29) is 5.91 Å². The number of hydrogen-bond donors (Lipinski definition) is 2. The molecule has 0 unspecified atom stereocenters. The molecule has 1 amide bonds. The van der Waals surface area contributed by atoms with E-state index in [9.17, 15) is 4.79 Å². The number of benzene rings is 1. The first-order valence-electron chi connectivity index (χ1n) is 7.58. The lowest BCUT2D eigenvalue weighted by Gasteiger charge is -2.19. The Morgan fingerprint density at radius 3 is 2.78 bits per heavy atom. The fourth-order valence-corrected chi connectivity index (χ4v) is 2.28. The Bertz CT molecular complexity index is 746. The van der Waals surface area contributed by atoms with Gasteiger partial charge in [-0.1, -0.05) is 0 Å². The molecule has 1 aromatic heterocycles. The van der Waals surface area contributed by atoms with Gasteiger partial charge in [0, 0.05) is 24.0 Å². The maximum Gasteiger partial charge on any atom is 0.274 e. The third kappa shape index (κ3) is 3.18. The van der Waals surface area contributed by atoms with Gasteiger partial charge in [-0.2, -0.15) is 0 Å². The van der Waals surface area contributed by atoms with Gasteiger partial charge in [-0.25, -0.2) is 9.97 Å². The first-order valence-corrected chi connectivity index (χ1v) is 7.58. The molecule has 1 saturated carbocycles. The molecule has 2 aromatic rings. The molecule has 2 aliphatic rings. The lowest BCUT2D eigenvalue weighted by Crippen LogP contribution is -2.17. The fraction of sp³-hybridized carbons (Fsp3) is 0.312. The number of ether oxygens (including phenoxy) is 2. The molecule has 1 aliphatic carbocycles. The number of hydrogen-bond acceptors (Lipinski definition) is 6. The van der Waals surface area contributed by atoms with Crippen LogP contribution in [0.25, 0.3) is 0 Å². The van der Waals surface area contributed by atoms with E-state index < -0.39 is 0 Å². The van der Waals surface area contributed by atoms with E-state index in [0.717, 1.165) is 12.8 Å². The first-order chi connectivity index (χ1) is 11.3. The van der Waals surface area contributed by atoms with Gasteiger partial charge >= 0.3 is 0 Å². The summed E-state index contributed by atoms with van der Waals surface area (Å²) in [6.07, 6.45) is 3.82. The van der Waals surface area contributed by atoms with Crippen LogP contribution in [0.3, 0.4) is 0 Å². The van der Waals surface area contributed by atoms with Gasteiger partial charge < -0.3 is 20.1 Å². The molecule has 2 N–H and O–H groups in total.